The highest BCUT2D eigenvalue weighted by atomic mass is 32.1. The Morgan fingerprint density at radius 1 is 0.423 bits per heavy atom. The molecule has 0 bridgehead atoms. The minimum absolute atomic E-state index is 0.892. The quantitative estimate of drug-likeness (QED) is 0.168. The van der Waals surface area contributed by atoms with Crippen molar-refractivity contribution in [1.82, 2.24) is 0 Å². The van der Waals surface area contributed by atoms with E-state index in [4.69, 9.17) is 17.0 Å². The van der Waals surface area contributed by atoms with Gasteiger partial charge >= 0.3 is 0 Å². The van der Waals surface area contributed by atoms with Gasteiger partial charge in [0.2, 0.25) is 0 Å². The van der Waals surface area contributed by atoms with Gasteiger partial charge in [-0.3, -0.25) is 0 Å². The summed E-state index contributed by atoms with van der Waals surface area (Å²) in [5, 5.41) is 2.26. The van der Waals surface area contributed by atoms with Gasteiger partial charge in [-0.25, -0.2) is 0 Å². The van der Waals surface area contributed by atoms with Gasteiger partial charge in [0.25, 0.3) is 0 Å². The Morgan fingerprint density at radius 2 is 0.885 bits per heavy atom. The molecule has 9 aromatic rings. The van der Waals surface area contributed by atoms with Crippen LogP contribution in [0.4, 0.5) is 17.1 Å². The van der Waals surface area contributed by atoms with E-state index >= 15 is 0 Å². The molecule has 0 saturated heterocycles. The van der Waals surface area contributed by atoms with E-state index in [-0.39, 0.29) is 0 Å². The van der Waals surface area contributed by atoms with E-state index in [0.717, 1.165) is 60.6 Å². The minimum Gasteiger partial charge on any atom is -0.456 e. The zero-order chi connectivity index (χ0) is 35.0. The second-order valence-electron chi connectivity index (χ2n) is 13.2. The molecule has 0 saturated carbocycles. The Morgan fingerprint density at radius 3 is 1.42 bits per heavy atom. The lowest BCUT2D eigenvalue weighted by Crippen LogP contribution is -2.09. The van der Waals surface area contributed by atoms with E-state index in [0.29, 0.717) is 0 Å². The zero-order valence-corrected chi connectivity index (χ0v) is 29.6. The number of nitrogens with zero attached hydrogens (tertiary/aromatic N) is 1. The number of furan rings is 1. The Balaban J connectivity index is 1.07. The predicted molar refractivity (Wildman–Crippen MR) is 222 cm³/mol. The zero-order valence-electron chi connectivity index (χ0n) is 28.7. The molecule has 0 aliphatic carbocycles. The van der Waals surface area contributed by atoms with E-state index in [1.54, 1.807) is 0 Å². The number of hydrogen-bond donors (Lipinski definition) is 1. The molecule has 0 amide bonds. The number of para-hydroxylation sites is 1. The molecular weight excluding hydrogens is 651 g/mol. The molecule has 0 atom stereocenters. The largest absolute Gasteiger partial charge is 0.456 e. The molecule has 52 heavy (non-hydrogen) atoms. The van der Waals surface area contributed by atoms with Crippen LogP contribution in [-0.2, 0) is 0 Å². The van der Waals surface area contributed by atoms with Crippen molar-refractivity contribution in [3.05, 3.63) is 194 Å². The van der Waals surface area contributed by atoms with E-state index < -0.39 is 0 Å². The number of fused-ring (bicyclic) bond motifs is 3. The molecule has 2 nitrogen and oxygen atoms in total. The van der Waals surface area contributed by atoms with Crippen molar-refractivity contribution < 1.29 is 4.42 Å². The van der Waals surface area contributed by atoms with Gasteiger partial charge in [0.1, 0.15) is 11.2 Å². The normalized spacial score (nSPS) is 11.3. The van der Waals surface area contributed by atoms with Gasteiger partial charge in [0.05, 0.1) is 0 Å². The molecule has 8 aromatic carbocycles. The van der Waals surface area contributed by atoms with Crippen molar-refractivity contribution >= 4 is 51.6 Å². The molecule has 0 N–H and O–H groups in total. The maximum Gasteiger partial charge on any atom is 0.136 e. The summed E-state index contributed by atoms with van der Waals surface area (Å²) in [6.07, 6.45) is 0. The fourth-order valence-corrected chi connectivity index (χ4v) is 7.63. The SMILES string of the molecule is Cc1ccc2oc3ccccc3c2c1-c1ccc(-c2ccc(N(c3ccc(-c4ccccc4)cc3)c3ccc(-c4ccccc4)cc3)cc2)cc1S. The first-order valence-electron chi connectivity index (χ1n) is 17.6. The van der Waals surface area contributed by atoms with Gasteiger partial charge in [-0.05, 0) is 112 Å². The van der Waals surface area contributed by atoms with E-state index in [1.165, 1.54) is 33.4 Å². The summed E-state index contributed by atoms with van der Waals surface area (Å²) < 4.78 is 6.22. The molecule has 0 aliphatic rings. The van der Waals surface area contributed by atoms with Crippen LogP contribution in [0.5, 0.6) is 0 Å². The predicted octanol–water partition coefficient (Wildman–Crippen LogP) is 14.3. The summed E-state index contributed by atoms with van der Waals surface area (Å²) in [4.78, 5) is 3.25. The lowest BCUT2D eigenvalue weighted by molar-refractivity contribution is 0.669. The minimum atomic E-state index is 0.892. The average molecular weight is 686 g/mol. The second-order valence-corrected chi connectivity index (χ2v) is 13.7. The van der Waals surface area contributed by atoms with Crippen LogP contribution in [0, 0.1) is 6.92 Å². The smallest absolute Gasteiger partial charge is 0.136 e. The maximum absolute atomic E-state index is 6.22. The topological polar surface area (TPSA) is 16.4 Å². The van der Waals surface area contributed by atoms with Gasteiger partial charge < -0.3 is 9.32 Å². The van der Waals surface area contributed by atoms with Gasteiger partial charge in [-0.1, -0.05) is 133 Å². The first-order valence-corrected chi connectivity index (χ1v) is 18.0. The Hall–Kier alpha value is -6.29. The molecule has 248 valence electrons. The standard InChI is InChI=1S/C49H35NOS/c1-33-16-31-46-49(43-14-8-9-15-45(43)51-46)48(33)44-30-23-39(32-47(44)52)38-21-28-42(29-22-38)50(40-24-17-36(18-25-40)34-10-4-2-5-11-34)41-26-19-37(20-27-41)35-12-6-3-7-13-35/h2-32,52H,1H3. The Kier molecular flexibility index (Phi) is 8.19. The van der Waals surface area contributed by atoms with Crippen LogP contribution in [0.1, 0.15) is 5.56 Å². The highest BCUT2D eigenvalue weighted by molar-refractivity contribution is 7.80. The number of rotatable bonds is 7. The van der Waals surface area contributed by atoms with E-state index in [9.17, 15) is 0 Å². The highest BCUT2D eigenvalue weighted by Gasteiger charge is 2.18. The molecule has 0 fully saturated rings. The van der Waals surface area contributed by atoms with Crippen LogP contribution in [0.25, 0.3) is 66.4 Å². The second kappa shape index (κ2) is 13.4. The fourth-order valence-electron chi connectivity index (χ4n) is 7.31. The molecule has 9 rings (SSSR count). The van der Waals surface area contributed by atoms with Crippen LogP contribution < -0.4 is 4.90 Å². The number of anilines is 3. The summed E-state index contributed by atoms with van der Waals surface area (Å²) >= 11 is 5.06. The van der Waals surface area contributed by atoms with Gasteiger partial charge in [0, 0.05) is 32.7 Å². The van der Waals surface area contributed by atoms with Crippen molar-refractivity contribution in [1.29, 1.82) is 0 Å². The van der Waals surface area contributed by atoms with Crippen LogP contribution in [0.3, 0.4) is 0 Å². The van der Waals surface area contributed by atoms with Crippen molar-refractivity contribution in [3.8, 4) is 44.5 Å². The average Bonchev–Trinajstić information content (AvgIpc) is 3.58. The van der Waals surface area contributed by atoms with Gasteiger partial charge in [-0.2, -0.15) is 0 Å². The monoisotopic (exact) mass is 685 g/mol. The lowest BCUT2D eigenvalue weighted by atomic mass is 9.93. The summed E-state index contributed by atoms with van der Waals surface area (Å²) in [7, 11) is 0. The number of aryl methyl sites for hydroxylation is 1. The van der Waals surface area contributed by atoms with Crippen LogP contribution in [-0.4, -0.2) is 0 Å². The molecule has 1 aromatic heterocycles. The molecule has 0 aliphatic heterocycles. The third-order valence-electron chi connectivity index (χ3n) is 9.94. The molecule has 0 spiro atoms. The fraction of sp³-hybridized carbons (Fsp3) is 0.0204. The Labute approximate surface area is 309 Å². The first kappa shape index (κ1) is 31.7. The first-order chi connectivity index (χ1) is 25.6. The van der Waals surface area contributed by atoms with Crippen LogP contribution in [0.15, 0.2) is 197 Å². The molecular formula is C49H35NOS. The van der Waals surface area contributed by atoms with Crippen molar-refractivity contribution in [2.24, 2.45) is 0 Å². The van der Waals surface area contributed by atoms with E-state index in [2.05, 4.69) is 188 Å². The number of hydrogen-bond acceptors (Lipinski definition) is 3. The molecule has 3 heteroatoms. The Bertz CT molecular complexity index is 2580. The number of thiol groups is 1. The molecule has 0 unspecified atom stereocenters. The summed E-state index contributed by atoms with van der Waals surface area (Å²) in [6, 6.07) is 66.5. The molecule has 1 heterocycles. The summed E-state index contributed by atoms with van der Waals surface area (Å²) in [5.41, 5.74) is 15.6. The van der Waals surface area contributed by atoms with Crippen LogP contribution in [0.2, 0.25) is 0 Å². The number of benzene rings is 8. The van der Waals surface area contributed by atoms with Crippen LogP contribution >= 0.6 is 12.6 Å². The van der Waals surface area contributed by atoms with Crippen molar-refractivity contribution in [2.75, 3.05) is 4.90 Å². The highest BCUT2D eigenvalue weighted by Crippen LogP contribution is 2.42. The summed E-state index contributed by atoms with van der Waals surface area (Å²) in [6.45, 7) is 2.16. The van der Waals surface area contributed by atoms with Gasteiger partial charge in [-0.15, -0.1) is 12.6 Å². The lowest BCUT2D eigenvalue weighted by Gasteiger charge is -2.26. The third kappa shape index (κ3) is 5.85. The maximum atomic E-state index is 6.22. The van der Waals surface area contributed by atoms with Gasteiger partial charge in [0.15, 0.2) is 0 Å². The summed E-state index contributed by atoms with van der Waals surface area (Å²) in [5.74, 6) is 0. The third-order valence-corrected chi connectivity index (χ3v) is 10.3. The van der Waals surface area contributed by atoms with Crippen molar-refractivity contribution in [3.63, 3.8) is 0 Å². The van der Waals surface area contributed by atoms with Crippen molar-refractivity contribution in [2.45, 2.75) is 11.8 Å². The van der Waals surface area contributed by atoms with E-state index in [1.807, 2.05) is 12.1 Å². The molecule has 0 radical (unpaired) electrons.